The summed E-state index contributed by atoms with van der Waals surface area (Å²) in [5.41, 5.74) is 1.29. The second kappa shape index (κ2) is 7.51. The van der Waals surface area contributed by atoms with Crippen LogP contribution in [0.5, 0.6) is 0 Å². The molecule has 0 amide bonds. The molecule has 0 saturated carbocycles. The van der Waals surface area contributed by atoms with Gasteiger partial charge in [0.15, 0.2) is 0 Å². The Morgan fingerprint density at radius 2 is 2.16 bits per heavy atom. The molecule has 106 valence electrons. The zero-order valence-corrected chi connectivity index (χ0v) is 12.1. The fourth-order valence-electron chi connectivity index (χ4n) is 2.57. The molecule has 0 aliphatic carbocycles. The van der Waals surface area contributed by atoms with E-state index in [4.69, 9.17) is 4.74 Å². The van der Waals surface area contributed by atoms with Crippen molar-refractivity contribution in [2.45, 2.75) is 25.8 Å². The van der Waals surface area contributed by atoms with Crippen molar-refractivity contribution in [2.24, 2.45) is 5.92 Å². The summed E-state index contributed by atoms with van der Waals surface area (Å²) in [6.45, 7) is 6.31. The van der Waals surface area contributed by atoms with E-state index in [9.17, 15) is 0 Å². The minimum Gasteiger partial charge on any atom is -0.381 e. The van der Waals surface area contributed by atoms with Crippen LogP contribution in [0.2, 0.25) is 0 Å². The lowest BCUT2D eigenvalue weighted by molar-refractivity contribution is 0.178. The number of rotatable bonds is 7. The lowest BCUT2D eigenvalue weighted by atomic mass is 10.0. The van der Waals surface area contributed by atoms with Gasteiger partial charge in [0.05, 0.1) is 6.61 Å². The molecule has 3 heteroatoms. The first-order valence-electron chi connectivity index (χ1n) is 7.34. The Hall–Kier alpha value is -1.06. The van der Waals surface area contributed by atoms with E-state index in [2.05, 4.69) is 54.5 Å². The number of nitrogens with one attached hydrogen (secondary N) is 1. The normalized spacial score (nSPS) is 20.4. The summed E-state index contributed by atoms with van der Waals surface area (Å²) in [5, 5.41) is 3.62. The third-order valence-electron chi connectivity index (χ3n) is 4.01. The lowest BCUT2D eigenvalue weighted by Gasteiger charge is -2.22. The van der Waals surface area contributed by atoms with Crippen LogP contribution >= 0.6 is 0 Å². The molecule has 1 aliphatic rings. The minimum absolute atomic E-state index is 0.574. The van der Waals surface area contributed by atoms with Gasteiger partial charge in [0, 0.05) is 31.9 Å². The summed E-state index contributed by atoms with van der Waals surface area (Å²) in [5.74, 6) is 0.701. The highest BCUT2D eigenvalue weighted by Gasteiger charge is 2.21. The van der Waals surface area contributed by atoms with Crippen LogP contribution in [0, 0.1) is 5.92 Å². The van der Waals surface area contributed by atoms with Crippen molar-refractivity contribution < 1.29 is 4.74 Å². The molecule has 1 heterocycles. The molecule has 1 aliphatic heterocycles. The third-order valence-corrected chi connectivity index (χ3v) is 4.01. The highest BCUT2D eigenvalue weighted by molar-refractivity contribution is 5.44. The van der Waals surface area contributed by atoms with Crippen LogP contribution in [-0.4, -0.2) is 39.4 Å². The number of anilines is 1. The Bertz CT molecular complexity index is 349. The van der Waals surface area contributed by atoms with Crippen molar-refractivity contribution in [2.75, 3.05) is 38.3 Å². The largest absolute Gasteiger partial charge is 0.381 e. The van der Waals surface area contributed by atoms with Crippen LogP contribution in [0.25, 0.3) is 0 Å². The van der Waals surface area contributed by atoms with Gasteiger partial charge < -0.3 is 15.0 Å². The van der Waals surface area contributed by atoms with E-state index in [0.717, 1.165) is 26.3 Å². The Kier molecular flexibility index (Phi) is 5.67. The molecule has 1 saturated heterocycles. The summed E-state index contributed by atoms with van der Waals surface area (Å²) in [4.78, 5) is 2.31. The Morgan fingerprint density at radius 3 is 2.84 bits per heavy atom. The molecular formula is C16H26N2O. The van der Waals surface area contributed by atoms with Gasteiger partial charge in [0.2, 0.25) is 0 Å². The molecular weight excluding hydrogens is 236 g/mol. The number of hydrogen-bond donors (Lipinski definition) is 1. The lowest BCUT2D eigenvalue weighted by Crippen LogP contribution is -2.35. The molecule has 0 aromatic heterocycles. The molecule has 0 spiro atoms. The maximum Gasteiger partial charge on any atom is 0.0509 e. The molecule has 1 aromatic carbocycles. The predicted molar refractivity (Wildman–Crippen MR) is 80.7 cm³/mol. The van der Waals surface area contributed by atoms with Crippen molar-refractivity contribution >= 4 is 5.69 Å². The van der Waals surface area contributed by atoms with Gasteiger partial charge in [0.1, 0.15) is 0 Å². The fraction of sp³-hybridized carbons (Fsp3) is 0.625. The van der Waals surface area contributed by atoms with Crippen molar-refractivity contribution in [3.8, 4) is 0 Å². The van der Waals surface area contributed by atoms with E-state index in [0.29, 0.717) is 12.0 Å². The molecule has 0 radical (unpaired) electrons. The molecule has 2 atom stereocenters. The average molecular weight is 262 g/mol. The van der Waals surface area contributed by atoms with Gasteiger partial charge in [-0.3, -0.25) is 0 Å². The van der Waals surface area contributed by atoms with Gasteiger partial charge in [-0.25, -0.2) is 0 Å². The first kappa shape index (κ1) is 14.4. The SMILES string of the molecule is CC(NCCCN(C)c1ccccc1)C1CCOC1. The second-order valence-corrected chi connectivity index (χ2v) is 5.48. The van der Waals surface area contributed by atoms with Crippen LogP contribution in [0.4, 0.5) is 5.69 Å². The molecule has 1 fully saturated rings. The maximum atomic E-state index is 5.43. The smallest absolute Gasteiger partial charge is 0.0509 e. The van der Waals surface area contributed by atoms with Gasteiger partial charge in [0.25, 0.3) is 0 Å². The molecule has 2 unspecified atom stereocenters. The topological polar surface area (TPSA) is 24.5 Å². The zero-order valence-electron chi connectivity index (χ0n) is 12.1. The van der Waals surface area contributed by atoms with E-state index in [-0.39, 0.29) is 0 Å². The Labute approximate surface area is 116 Å². The second-order valence-electron chi connectivity index (χ2n) is 5.48. The molecule has 0 bridgehead atoms. The first-order chi connectivity index (χ1) is 9.27. The van der Waals surface area contributed by atoms with Gasteiger partial charge in [-0.05, 0) is 44.4 Å². The van der Waals surface area contributed by atoms with E-state index in [1.807, 2.05) is 0 Å². The number of para-hydroxylation sites is 1. The van der Waals surface area contributed by atoms with Crippen LogP contribution in [0.1, 0.15) is 19.8 Å². The standard InChI is InChI=1S/C16H26N2O/c1-14(15-9-12-19-13-15)17-10-6-11-18(2)16-7-4-3-5-8-16/h3-5,7-8,14-15,17H,6,9-13H2,1-2H3. The summed E-state index contributed by atoms with van der Waals surface area (Å²) in [7, 11) is 2.16. The van der Waals surface area contributed by atoms with Gasteiger partial charge >= 0.3 is 0 Å². The maximum absolute atomic E-state index is 5.43. The summed E-state index contributed by atoms with van der Waals surface area (Å²) < 4.78 is 5.43. The predicted octanol–water partition coefficient (Wildman–Crippen LogP) is 2.53. The van der Waals surface area contributed by atoms with E-state index in [1.165, 1.54) is 18.5 Å². The molecule has 3 nitrogen and oxygen atoms in total. The monoisotopic (exact) mass is 262 g/mol. The average Bonchev–Trinajstić information content (AvgIpc) is 2.98. The highest BCUT2D eigenvalue weighted by Crippen LogP contribution is 2.16. The van der Waals surface area contributed by atoms with Gasteiger partial charge in [-0.1, -0.05) is 18.2 Å². The van der Waals surface area contributed by atoms with Crippen molar-refractivity contribution in [3.63, 3.8) is 0 Å². The van der Waals surface area contributed by atoms with Crippen molar-refractivity contribution in [1.29, 1.82) is 0 Å². The van der Waals surface area contributed by atoms with E-state index in [1.54, 1.807) is 0 Å². The molecule has 1 aromatic rings. The number of nitrogens with zero attached hydrogens (tertiary/aromatic N) is 1. The van der Waals surface area contributed by atoms with Gasteiger partial charge in [-0.15, -0.1) is 0 Å². The third kappa shape index (κ3) is 4.51. The van der Waals surface area contributed by atoms with Crippen molar-refractivity contribution in [1.82, 2.24) is 5.32 Å². The minimum atomic E-state index is 0.574. The Morgan fingerprint density at radius 1 is 1.37 bits per heavy atom. The van der Waals surface area contributed by atoms with Crippen molar-refractivity contribution in [3.05, 3.63) is 30.3 Å². The number of ether oxygens (including phenoxy) is 1. The van der Waals surface area contributed by atoms with Crippen LogP contribution in [0.3, 0.4) is 0 Å². The number of benzene rings is 1. The quantitative estimate of drug-likeness (QED) is 0.764. The Balaban J connectivity index is 1.61. The van der Waals surface area contributed by atoms with Gasteiger partial charge in [-0.2, -0.15) is 0 Å². The molecule has 2 rings (SSSR count). The first-order valence-corrected chi connectivity index (χ1v) is 7.34. The summed E-state index contributed by atoms with van der Waals surface area (Å²) in [6, 6.07) is 11.1. The number of hydrogen-bond acceptors (Lipinski definition) is 3. The van der Waals surface area contributed by atoms with Crippen LogP contribution < -0.4 is 10.2 Å². The van der Waals surface area contributed by atoms with Crippen LogP contribution in [0.15, 0.2) is 30.3 Å². The van der Waals surface area contributed by atoms with Crippen LogP contribution in [-0.2, 0) is 4.74 Å². The summed E-state index contributed by atoms with van der Waals surface area (Å²) >= 11 is 0. The van der Waals surface area contributed by atoms with E-state index >= 15 is 0 Å². The zero-order chi connectivity index (χ0) is 13.5. The fourth-order valence-corrected chi connectivity index (χ4v) is 2.57. The molecule has 1 N–H and O–H groups in total. The molecule has 19 heavy (non-hydrogen) atoms. The summed E-state index contributed by atoms with van der Waals surface area (Å²) in [6.07, 6.45) is 2.38. The highest BCUT2D eigenvalue weighted by atomic mass is 16.5. The van der Waals surface area contributed by atoms with E-state index < -0.39 is 0 Å².